The molecule has 2 N–H and O–H groups in total. The molecule has 1 heterocycles. The number of anilines is 1. The van der Waals surface area contributed by atoms with Crippen molar-refractivity contribution in [1.82, 2.24) is 9.62 Å². The third-order valence-electron chi connectivity index (χ3n) is 4.75. The van der Waals surface area contributed by atoms with Crippen molar-refractivity contribution in [2.75, 3.05) is 32.1 Å². The number of carbonyl (C=O) groups is 2. The smallest absolute Gasteiger partial charge is 0.255 e. The van der Waals surface area contributed by atoms with Crippen LogP contribution >= 0.6 is 0 Å². The minimum Gasteiger partial charge on any atom is -0.383 e. The zero-order valence-corrected chi connectivity index (χ0v) is 17.6. The Morgan fingerprint density at radius 1 is 1.17 bits per heavy atom. The SMILES string of the molecule is COCCNS(=O)(=O)c1ccc(C(=O)Nc2cccc(CN3CCCC3=O)c2)cc1. The van der Waals surface area contributed by atoms with E-state index < -0.39 is 10.0 Å². The van der Waals surface area contributed by atoms with E-state index in [9.17, 15) is 18.0 Å². The molecule has 8 nitrogen and oxygen atoms in total. The maximum atomic E-state index is 12.5. The molecule has 0 unspecified atom stereocenters. The Hall–Kier alpha value is -2.75. The van der Waals surface area contributed by atoms with Crippen LogP contribution in [0.3, 0.4) is 0 Å². The first-order valence-electron chi connectivity index (χ1n) is 9.66. The largest absolute Gasteiger partial charge is 0.383 e. The molecular weight excluding hydrogens is 406 g/mol. The predicted octanol–water partition coefficient (Wildman–Crippen LogP) is 1.99. The van der Waals surface area contributed by atoms with Gasteiger partial charge >= 0.3 is 0 Å². The van der Waals surface area contributed by atoms with Crippen molar-refractivity contribution < 1.29 is 22.7 Å². The van der Waals surface area contributed by atoms with Crippen LogP contribution in [-0.2, 0) is 26.1 Å². The summed E-state index contributed by atoms with van der Waals surface area (Å²) in [6.07, 6.45) is 1.47. The van der Waals surface area contributed by atoms with Gasteiger partial charge in [-0.2, -0.15) is 0 Å². The van der Waals surface area contributed by atoms with Gasteiger partial charge in [-0.3, -0.25) is 9.59 Å². The van der Waals surface area contributed by atoms with Crippen molar-refractivity contribution in [1.29, 1.82) is 0 Å². The summed E-state index contributed by atoms with van der Waals surface area (Å²) in [7, 11) is -2.16. The van der Waals surface area contributed by atoms with Crippen molar-refractivity contribution in [2.45, 2.75) is 24.3 Å². The third kappa shape index (κ3) is 5.65. The van der Waals surface area contributed by atoms with Crippen molar-refractivity contribution in [3.63, 3.8) is 0 Å². The van der Waals surface area contributed by atoms with E-state index in [1.54, 1.807) is 11.0 Å². The number of hydrogen-bond donors (Lipinski definition) is 2. The van der Waals surface area contributed by atoms with Crippen LogP contribution in [0.5, 0.6) is 0 Å². The molecule has 160 valence electrons. The van der Waals surface area contributed by atoms with Crippen LogP contribution < -0.4 is 10.0 Å². The maximum Gasteiger partial charge on any atom is 0.255 e. The lowest BCUT2D eigenvalue weighted by atomic mass is 10.1. The van der Waals surface area contributed by atoms with Crippen LogP contribution in [0.25, 0.3) is 0 Å². The Morgan fingerprint density at radius 2 is 1.93 bits per heavy atom. The highest BCUT2D eigenvalue weighted by atomic mass is 32.2. The van der Waals surface area contributed by atoms with Crippen LogP contribution in [0.4, 0.5) is 5.69 Å². The number of rotatable bonds is 9. The molecule has 0 spiro atoms. The number of benzene rings is 2. The normalized spacial score (nSPS) is 14.2. The van der Waals surface area contributed by atoms with Gasteiger partial charge in [0.15, 0.2) is 0 Å². The second-order valence-electron chi connectivity index (χ2n) is 6.99. The molecule has 2 aromatic carbocycles. The number of methoxy groups -OCH3 is 1. The second-order valence-corrected chi connectivity index (χ2v) is 8.76. The lowest BCUT2D eigenvalue weighted by Gasteiger charge is -2.16. The highest BCUT2D eigenvalue weighted by molar-refractivity contribution is 7.89. The molecule has 0 atom stereocenters. The molecule has 2 aromatic rings. The van der Waals surface area contributed by atoms with Crippen LogP contribution in [0, 0.1) is 0 Å². The fraction of sp³-hybridized carbons (Fsp3) is 0.333. The Balaban J connectivity index is 1.63. The molecule has 0 bridgehead atoms. The van der Waals surface area contributed by atoms with Gasteiger partial charge in [-0.1, -0.05) is 12.1 Å². The van der Waals surface area contributed by atoms with Crippen LogP contribution in [-0.4, -0.2) is 51.9 Å². The van der Waals surface area contributed by atoms with Gasteiger partial charge in [-0.25, -0.2) is 13.1 Å². The number of likely N-dealkylation sites (tertiary alicyclic amines) is 1. The summed E-state index contributed by atoms with van der Waals surface area (Å²) in [4.78, 5) is 26.2. The molecule has 0 radical (unpaired) electrons. The van der Waals surface area contributed by atoms with Crippen LogP contribution in [0.15, 0.2) is 53.4 Å². The van der Waals surface area contributed by atoms with Crippen molar-refractivity contribution in [2.24, 2.45) is 0 Å². The molecule has 30 heavy (non-hydrogen) atoms. The fourth-order valence-corrected chi connectivity index (χ4v) is 4.20. The van der Waals surface area contributed by atoms with Gasteiger partial charge in [-0.15, -0.1) is 0 Å². The number of sulfonamides is 1. The minimum atomic E-state index is -3.65. The third-order valence-corrected chi connectivity index (χ3v) is 6.23. The lowest BCUT2D eigenvalue weighted by molar-refractivity contribution is -0.128. The van der Waals surface area contributed by atoms with E-state index >= 15 is 0 Å². The standard InChI is InChI=1S/C21H25N3O5S/c1-29-13-11-22-30(27,28)19-9-7-17(8-10-19)21(26)23-18-5-2-4-16(14-18)15-24-12-3-6-20(24)25/h2,4-5,7-10,14,22H,3,6,11-13,15H2,1H3,(H,23,26). The Morgan fingerprint density at radius 3 is 2.60 bits per heavy atom. The highest BCUT2D eigenvalue weighted by Crippen LogP contribution is 2.18. The second kappa shape index (κ2) is 9.84. The summed E-state index contributed by atoms with van der Waals surface area (Å²) in [6.45, 7) is 1.71. The van der Waals surface area contributed by atoms with Gasteiger partial charge in [-0.05, 0) is 48.4 Å². The van der Waals surface area contributed by atoms with E-state index in [0.29, 0.717) is 24.2 Å². The summed E-state index contributed by atoms with van der Waals surface area (Å²) in [6, 6.07) is 13.1. The molecule has 2 amide bonds. The quantitative estimate of drug-likeness (QED) is 0.591. The Labute approximate surface area is 176 Å². The summed E-state index contributed by atoms with van der Waals surface area (Å²) in [5.41, 5.74) is 1.89. The van der Waals surface area contributed by atoms with E-state index in [1.165, 1.54) is 31.4 Å². The fourth-order valence-electron chi connectivity index (χ4n) is 3.19. The van der Waals surface area contributed by atoms with E-state index in [-0.39, 0.29) is 29.9 Å². The van der Waals surface area contributed by atoms with Gasteiger partial charge in [0.2, 0.25) is 15.9 Å². The number of nitrogens with one attached hydrogen (secondary N) is 2. The molecule has 0 aliphatic carbocycles. The number of amides is 2. The lowest BCUT2D eigenvalue weighted by Crippen LogP contribution is -2.27. The zero-order chi connectivity index (χ0) is 21.6. The molecule has 0 aromatic heterocycles. The van der Waals surface area contributed by atoms with Crippen LogP contribution in [0.2, 0.25) is 0 Å². The topological polar surface area (TPSA) is 105 Å². The summed E-state index contributed by atoms with van der Waals surface area (Å²) >= 11 is 0. The van der Waals surface area contributed by atoms with Gasteiger partial charge in [0, 0.05) is 44.4 Å². The first-order chi connectivity index (χ1) is 14.4. The van der Waals surface area contributed by atoms with Gasteiger partial charge in [0.05, 0.1) is 11.5 Å². The van der Waals surface area contributed by atoms with Crippen molar-refractivity contribution >= 4 is 27.5 Å². The maximum absolute atomic E-state index is 12.5. The van der Waals surface area contributed by atoms with E-state index in [4.69, 9.17) is 4.74 Å². The molecule has 0 saturated carbocycles. The first kappa shape index (κ1) is 21.9. The number of ether oxygens (including phenoxy) is 1. The van der Waals surface area contributed by atoms with Gasteiger partial charge < -0.3 is 15.0 Å². The van der Waals surface area contributed by atoms with Crippen LogP contribution in [0.1, 0.15) is 28.8 Å². The predicted molar refractivity (Wildman–Crippen MR) is 113 cm³/mol. The van der Waals surface area contributed by atoms with E-state index in [1.807, 2.05) is 18.2 Å². The highest BCUT2D eigenvalue weighted by Gasteiger charge is 2.20. The van der Waals surface area contributed by atoms with E-state index in [2.05, 4.69) is 10.0 Å². The van der Waals surface area contributed by atoms with Gasteiger partial charge in [0.25, 0.3) is 5.91 Å². The summed E-state index contributed by atoms with van der Waals surface area (Å²) in [5.74, 6) is -0.197. The molecule has 1 fully saturated rings. The summed E-state index contributed by atoms with van der Waals surface area (Å²) < 4.78 is 31.6. The van der Waals surface area contributed by atoms with Crippen molar-refractivity contribution in [3.05, 3.63) is 59.7 Å². The summed E-state index contributed by atoms with van der Waals surface area (Å²) in [5, 5.41) is 2.81. The van der Waals surface area contributed by atoms with Crippen molar-refractivity contribution in [3.8, 4) is 0 Å². The molecule has 3 rings (SSSR count). The molecule has 1 aliphatic heterocycles. The zero-order valence-electron chi connectivity index (χ0n) is 16.8. The number of hydrogen-bond acceptors (Lipinski definition) is 5. The first-order valence-corrected chi connectivity index (χ1v) is 11.1. The number of nitrogens with zero attached hydrogens (tertiary/aromatic N) is 1. The Kier molecular flexibility index (Phi) is 7.20. The van der Waals surface area contributed by atoms with Gasteiger partial charge in [0.1, 0.15) is 0 Å². The monoisotopic (exact) mass is 431 g/mol. The molecule has 1 aliphatic rings. The minimum absolute atomic E-state index is 0.0763. The van der Waals surface area contributed by atoms with E-state index in [0.717, 1.165) is 18.5 Å². The average molecular weight is 432 g/mol. The molecule has 1 saturated heterocycles. The molecular formula is C21H25N3O5S. The average Bonchev–Trinajstić information content (AvgIpc) is 3.13. The Bertz CT molecular complexity index is 1010. The number of carbonyl (C=O) groups excluding carboxylic acids is 2. The molecule has 9 heteroatoms.